The molecule has 0 aliphatic carbocycles. The summed E-state index contributed by atoms with van der Waals surface area (Å²) in [5.41, 5.74) is 7.05. The van der Waals surface area contributed by atoms with Crippen LogP contribution in [0.15, 0.2) is 6.20 Å². The van der Waals surface area contributed by atoms with Crippen molar-refractivity contribution in [2.24, 2.45) is 5.73 Å². The summed E-state index contributed by atoms with van der Waals surface area (Å²) in [6.07, 6.45) is 1.38. The summed E-state index contributed by atoms with van der Waals surface area (Å²) in [4.78, 5) is 10.7. The molecular formula is C7H9N3O. The maximum absolute atomic E-state index is 10.7. The molecule has 0 radical (unpaired) electrons. The second-order valence-electron chi connectivity index (χ2n) is 2.33. The Morgan fingerprint density at radius 3 is 2.64 bits per heavy atom. The lowest BCUT2D eigenvalue weighted by Gasteiger charge is -2.00. The fourth-order valence-corrected chi connectivity index (χ4v) is 0.788. The van der Waals surface area contributed by atoms with Gasteiger partial charge in [0.1, 0.15) is 0 Å². The molecule has 0 aliphatic heterocycles. The molecule has 1 aromatic heterocycles. The van der Waals surface area contributed by atoms with E-state index in [0.717, 1.165) is 11.3 Å². The van der Waals surface area contributed by atoms with E-state index in [1.54, 1.807) is 13.8 Å². The van der Waals surface area contributed by atoms with Gasteiger partial charge in [0, 0.05) is 0 Å². The Morgan fingerprint density at radius 1 is 1.55 bits per heavy atom. The van der Waals surface area contributed by atoms with Crippen LogP contribution in [0.3, 0.4) is 0 Å². The van der Waals surface area contributed by atoms with E-state index in [1.165, 1.54) is 6.20 Å². The Hall–Kier alpha value is -1.45. The van der Waals surface area contributed by atoms with Gasteiger partial charge >= 0.3 is 0 Å². The highest BCUT2D eigenvalue weighted by molar-refractivity contribution is 5.93. The van der Waals surface area contributed by atoms with E-state index >= 15 is 0 Å². The smallest absolute Gasteiger partial charge is 0.250 e. The Morgan fingerprint density at radius 2 is 2.18 bits per heavy atom. The van der Waals surface area contributed by atoms with Gasteiger partial charge in [0.25, 0.3) is 5.91 Å². The molecule has 0 aliphatic rings. The van der Waals surface area contributed by atoms with Gasteiger partial charge in [0.05, 0.1) is 17.5 Å². The maximum atomic E-state index is 10.7. The van der Waals surface area contributed by atoms with Crippen LogP contribution in [0.2, 0.25) is 0 Å². The van der Waals surface area contributed by atoms with Gasteiger partial charge < -0.3 is 5.73 Å². The highest BCUT2D eigenvalue weighted by atomic mass is 16.1. The second kappa shape index (κ2) is 2.65. The first kappa shape index (κ1) is 7.65. The molecule has 0 aromatic carbocycles. The fourth-order valence-electron chi connectivity index (χ4n) is 0.788. The zero-order valence-electron chi connectivity index (χ0n) is 6.46. The molecule has 0 saturated heterocycles. The molecule has 0 unspecified atom stereocenters. The molecule has 11 heavy (non-hydrogen) atoms. The van der Waals surface area contributed by atoms with Gasteiger partial charge in [-0.2, -0.15) is 10.2 Å². The number of rotatable bonds is 1. The van der Waals surface area contributed by atoms with Gasteiger partial charge in [0.2, 0.25) is 0 Å². The van der Waals surface area contributed by atoms with Crippen LogP contribution in [0.4, 0.5) is 0 Å². The minimum atomic E-state index is -0.458. The normalized spacial score (nSPS) is 9.64. The van der Waals surface area contributed by atoms with Crippen LogP contribution in [-0.4, -0.2) is 16.1 Å². The Bertz CT molecular complexity index is 296. The summed E-state index contributed by atoms with van der Waals surface area (Å²) < 4.78 is 0. The third-order valence-corrected chi connectivity index (χ3v) is 1.61. The summed E-state index contributed by atoms with van der Waals surface area (Å²) >= 11 is 0. The topological polar surface area (TPSA) is 68.9 Å². The van der Waals surface area contributed by atoms with Crippen LogP contribution in [0.1, 0.15) is 21.6 Å². The number of hydrogen-bond acceptors (Lipinski definition) is 3. The predicted octanol–water partition coefficient (Wildman–Crippen LogP) is 0.192. The highest BCUT2D eigenvalue weighted by Crippen LogP contribution is 2.06. The van der Waals surface area contributed by atoms with E-state index in [-0.39, 0.29) is 0 Å². The standard InChI is InChI=1S/C7H9N3O/c1-4-5(2)10-9-3-6(4)7(8)11/h3H,1-2H3,(H2,8,11). The molecule has 4 nitrogen and oxygen atoms in total. The van der Waals surface area contributed by atoms with Crippen LogP contribution < -0.4 is 5.73 Å². The molecule has 0 fully saturated rings. The van der Waals surface area contributed by atoms with Gasteiger partial charge in [-0.25, -0.2) is 0 Å². The quantitative estimate of drug-likeness (QED) is 0.623. The number of aryl methyl sites for hydroxylation is 1. The van der Waals surface area contributed by atoms with Crippen molar-refractivity contribution in [1.82, 2.24) is 10.2 Å². The van der Waals surface area contributed by atoms with E-state index in [0.29, 0.717) is 5.56 Å². The number of hydrogen-bond donors (Lipinski definition) is 1. The number of nitrogens with zero attached hydrogens (tertiary/aromatic N) is 2. The summed E-state index contributed by atoms with van der Waals surface area (Å²) in [6.45, 7) is 3.58. The molecule has 0 atom stereocenters. The number of carbonyl (C=O) groups is 1. The zero-order chi connectivity index (χ0) is 8.43. The van der Waals surface area contributed by atoms with Crippen LogP contribution in [0.25, 0.3) is 0 Å². The second-order valence-corrected chi connectivity index (χ2v) is 2.33. The van der Waals surface area contributed by atoms with Crippen molar-refractivity contribution in [3.63, 3.8) is 0 Å². The third-order valence-electron chi connectivity index (χ3n) is 1.61. The minimum absolute atomic E-state index is 0.442. The van der Waals surface area contributed by atoms with Gasteiger partial charge in [0.15, 0.2) is 0 Å². The Balaban J connectivity index is 3.27. The fraction of sp³-hybridized carbons (Fsp3) is 0.286. The summed E-state index contributed by atoms with van der Waals surface area (Å²) in [6, 6.07) is 0. The van der Waals surface area contributed by atoms with E-state index in [9.17, 15) is 4.79 Å². The van der Waals surface area contributed by atoms with E-state index in [2.05, 4.69) is 10.2 Å². The van der Waals surface area contributed by atoms with Gasteiger partial charge in [-0.05, 0) is 19.4 Å². The third kappa shape index (κ3) is 1.34. The van der Waals surface area contributed by atoms with Crippen molar-refractivity contribution < 1.29 is 4.79 Å². The highest BCUT2D eigenvalue weighted by Gasteiger charge is 2.06. The predicted molar refractivity (Wildman–Crippen MR) is 40.0 cm³/mol. The van der Waals surface area contributed by atoms with Crippen molar-refractivity contribution in [3.05, 3.63) is 23.0 Å². The average molecular weight is 151 g/mol. The molecule has 58 valence electrons. The monoisotopic (exact) mass is 151 g/mol. The number of carbonyl (C=O) groups excluding carboxylic acids is 1. The number of primary amides is 1. The summed E-state index contributed by atoms with van der Waals surface area (Å²) in [5.74, 6) is -0.458. The molecule has 0 bridgehead atoms. The molecule has 2 N–H and O–H groups in total. The van der Waals surface area contributed by atoms with E-state index in [4.69, 9.17) is 5.73 Å². The summed E-state index contributed by atoms with van der Waals surface area (Å²) in [5, 5.41) is 7.38. The molecule has 1 aromatic rings. The SMILES string of the molecule is Cc1nncc(C(N)=O)c1C. The summed E-state index contributed by atoms with van der Waals surface area (Å²) in [7, 11) is 0. The lowest BCUT2D eigenvalue weighted by Crippen LogP contribution is -2.14. The first-order valence-electron chi connectivity index (χ1n) is 3.21. The Kier molecular flexibility index (Phi) is 1.85. The molecule has 0 spiro atoms. The van der Waals surface area contributed by atoms with E-state index < -0.39 is 5.91 Å². The minimum Gasteiger partial charge on any atom is -0.366 e. The van der Waals surface area contributed by atoms with Gasteiger partial charge in [-0.15, -0.1) is 0 Å². The molecule has 4 heteroatoms. The first-order valence-corrected chi connectivity index (χ1v) is 3.21. The molecule has 0 saturated carbocycles. The van der Waals surface area contributed by atoms with Crippen LogP contribution in [0.5, 0.6) is 0 Å². The van der Waals surface area contributed by atoms with Crippen LogP contribution >= 0.6 is 0 Å². The van der Waals surface area contributed by atoms with Gasteiger partial charge in [-0.3, -0.25) is 4.79 Å². The zero-order valence-corrected chi connectivity index (χ0v) is 6.46. The largest absolute Gasteiger partial charge is 0.366 e. The first-order chi connectivity index (χ1) is 5.13. The average Bonchev–Trinajstić information content (AvgIpc) is 1.94. The van der Waals surface area contributed by atoms with Crippen molar-refractivity contribution in [2.45, 2.75) is 13.8 Å². The van der Waals surface area contributed by atoms with Crippen molar-refractivity contribution in [3.8, 4) is 0 Å². The molecule has 1 heterocycles. The molecular weight excluding hydrogens is 142 g/mol. The lowest BCUT2D eigenvalue weighted by atomic mass is 10.1. The molecule has 1 amide bonds. The number of nitrogens with two attached hydrogens (primary N) is 1. The lowest BCUT2D eigenvalue weighted by molar-refractivity contribution is 0.0999. The Labute approximate surface area is 64.4 Å². The van der Waals surface area contributed by atoms with Crippen molar-refractivity contribution in [1.29, 1.82) is 0 Å². The van der Waals surface area contributed by atoms with Crippen molar-refractivity contribution in [2.75, 3.05) is 0 Å². The molecule has 1 rings (SSSR count). The van der Waals surface area contributed by atoms with Crippen molar-refractivity contribution >= 4 is 5.91 Å². The number of amides is 1. The maximum Gasteiger partial charge on any atom is 0.250 e. The number of aromatic nitrogens is 2. The van der Waals surface area contributed by atoms with Gasteiger partial charge in [-0.1, -0.05) is 0 Å². The van der Waals surface area contributed by atoms with Crippen LogP contribution in [-0.2, 0) is 0 Å². The van der Waals surface area contributed by atoms with E-state index in [1.807, 2.05) is 0 Å². The van der Waals surface area contributed by atoms with Crippen LogP contribution in [0, 0.1) is 13.8 Å².